The Labute approximate surface area is 215 Å². The first kappa shape index (κ1) is 23.7. The number of amides is 2. The Kier molecular flexibility index (Phi) is 6.64. The third-order valence-corrected chi connectivity index (χ3v) is 7.92. The van der Waals surface area contributed by atoms with E-state index in [1.165, 1.54) is 23.1 Å². The molecule has 1 saturated carbocycles. The SMILES string of the molecule is O=C(NC1CCC(c2ccnc3cnc4[nH]ccc4c23)CC1)N1CCCC(COc2ccc(F)cc2)C1. The van der Waals surface area contributed by atoms with E-state index < -0.39 is 0 Å². The number of hydrogen-bond acceptors (Lipinski definition) is 4. The van der Waals surface area contributed by atoms with Crippen LogP contribution < -0.4 is 10.1 Å². The van der Waals surface area contributed by atoms with Gasteiger partial charge in [-0.1, -0.05) is 0 Å². The lowest BCUT2D eigenvalue weighted by Gasteiger charge is -2.35. The van der Waals surface area contributed by atoms with E-state index in [0.29, 0.717) is 24.8 Å². The number of carbonyl (C=O) groups excluding carboxylic acids is 1. The summed E-state index contributed by atoms with van der Waals surface area (Å²) in [5, 5.41) is 5.62. The number of nitrogens with one attached hydrogen (secondary N) is 2. The first-order valence-electron chi connectivity index (χ1n) is 13.3. The number of halogens is 1. The van der Waals surface area contributed by atoms with E-state index in [-0.39, 0.29) is 23.8 Å². The molecule has 4 aromatic rings. The number of urea groups is 1. The molecule has 2 N–H and O–H groups in total. The Morgan fingerprint density at radius 3 is 2.76 bits per heavy atom. The van der Waals surface area contributed by atoms with Crippen LogP contribution in [0, 0.1) is 11.7 Å². The summed E-state index contributed by atoms with van der Waals surface area (Å²) in [6.45, 7) is 1.99. The van der Waals surface area contributed by atoms with E-state index in [1.807, 2.05) is 23.5 Å². The average Bonchev–Trinajstić information content (AvgIpc) is 3.42. The van der Waals surface area contributed by atoms with Gasteiger partial charge in [0.05, 0.1) is 18.3 Å². The standard InChI is InChI=1S/C29H32FN5O2/c30-21-5-9-23(10-6-21)37-18-19-2-1-15-35(17-19)29(36)34-22-7-3-20(4-8-22)24-11-13-31-26-16-33-28-25(27(24)26)12-14-32-28/h5-6,9-14,16,19-20,22H,1-4,7-8,15,17-18H2,(H,32,33)(H,34,36). The maximum atomic E-state index is 13.1. The summed E-state index contributed by atoms with van der Waals surface area (Å²) < 4.78 is 19.0. The van der Waals surface area contributed by atoms with Crippen molar-refractivity contribution in [3.05, 3.63) is 66.4 Å². The first-order valence-corrected chi connectivity index (χ1v) is 13.3. The van der Waals surface area contributed by atoms with Crippen molar-refractivity contribution in [1.82, 2.24) is 25.2 Å². The highest BCUT2D eigenvalue weighted by atomic mass is 19.1. The topological polar surface area (TPSA) is 83.1 Å². The van der Waals surface area contributed by atoms with Crippen molar-refractivity contribution in [1.29, 1.82) is 0 Å². The van der Waals surface area contributed by atoms with Crippen molar-refractivity contribution < 1.29 is 13.9 Å². The fourth-order valence-electron chi connectivity index (χ4n) is 5.97. The molecule has 2 aliphatic rings. The lowest BCUT2D eigenvalue weighted by Crippen LogP contribution is -2.50. The van der Waals surface area contributed by atoms with Crippen molar-refractivity contribution in [2.45, 2.75) is 50.5 Å². The monoisotopic (exact) mass is 501 g/mol. The van der Waals surface area contributed by atoms with Crippen molar-refractivity contribution >= 4 is 28.0 Å². The molecule has 3 aromatic heterocycles. The van der Waals surface area contributed by atoms with Crippen molar-refractivity contribution in [2.24, 2.45) is 5.92 Å². The molecule has 1 aromatic carbocycles. The molecule has 1 atom stereocenters. The second kappa shape index (κ2) is 10.4. The molecule has 0 radical (unpaired) electrons. The zero-order valence-corrected chi connectivity index (χ0v) is 20.8. The lowest BCUT2D eigenvalue weighted by atomic mass is 9.80. The van der Waals surface area contributed by atoms with Gasteiger partial charge in [-0.25, -0.2) is 14.2 Å². The highest BCUT2D eigenvalue weighted by molar-refractivity contribution is 6.05. The van der Waals surface area contributed by atoms with Crippen LogP contribution in [0.25, 0.3) is 21.9 Å². The number of pyridine rings is 2. The minimum Gasteiger partial charge on any atom is -0.493 e. The molecule has 4 heterocycles. The number of aromatic nitrogens is 3. The first-order chi connectivity index (χ1) is 18.1. The zero-order chi connectivity index (χ0) is 25.2. The van der Waals surface area contributed by atoms with Gasteiger partial charge in [-0.15, -0.1) is 0 Å². The van der Waals surface area contributed by atoms with Gasteiger partial charge in [0.2, 0.25) is 0 Å². The van der Waals surface area contributed by atoms with Crippen LogP contribution in [-0.4, -0.2) is 51.6 Å². The zero-order valence-electron chi connectivity index (χ0n) is 20.8. The molecule has 1 unspecified atom stereocenters. The largest absolute Gasteiger partial charge is 0.493 e. The number of likely N-dealkylation sites (tertiary alicyclic amines) is 1. The van der Waals surface area contributed by atoms with Crippen molar-refractivity contribution in [3.63, 3.8) is 0 Å². The fraction of sp³-hybridized carbons (Fsp3) is 0.414. The van der Waals surface area contributed by atoms with Gasteiger partial charge in [0.15, 0.2) is 0 Å². The van der Waals surface area contributed by atoms with Gasteiger partial charge in [0.1, 0.15) is 17.2 Å². The number of fused-ring (bicyclic) bond motifs is 3. The molecule has 1 saturated heterocycles. The normalized spacial score (nSPS) is 22.3. The highest BCUT2D eigenvalue weighted by Gasteiger charge is 2.29. The van der Waals surface area contributed by atoms with Crippen LogP contribution in [0.2, 0.25) is 0 Å². The number of rotatable bonds is 5. The van der Waals surface area contributed by atoms with Crippen LogP contribution in [0.3, 0.4) is 0 Å². The Hall–Kier alpha value is -3.68. The van der Waals surface area contributed by atoms with Crippen molar-refractivity contribution in [3.8, 4) is 5.75 Å². The van der Waals surface area contributed by atoms with E-state index in [9.17, 15) is 9.18 Å². The van der Waals surface area contributed by atoms with Crippen LogP contribution >= 0.6 is 0 Å². The van der Waals surface area contributed by atoms with E-state index in [2.05, 4.69) is 32.4 Å². The van der Waals surface area contributed by atoms with E-state index in [0.717, 1.165) is 61.6 Å². The smallest absolute Gasteiger partial charge is 0.317 e. The lowest BCUT2D eigenvalue weighted by molar-refractivity contribution is 0.133. The molecule has 6 rings (SSSR count). The Bertz CT molecular complexity index is 1380. The minimum absolute atomic E-state index is 0.0319. The predicted molar refractivity (Wildman–Crippen MR) is 141 cm³/mol. The quantitative estimate of drug-likeness (QED) is 0.363. The van der Waals surface area contributed by atoms with E-state index in [1.54, 1.807) is 12.1 Å². The summed E-state index contributed by atoms with van der Waals surface area (Å²) in [6.07, 6.45) is 11.7. The average molecular weight is 502 g/mol. The van der Waals surface area contributed by atoms with E-state index >= 15 is 0 Å². The van der Waals surface area contributed by atoms with E-state index in [4.69, 9.17) is 4.74 Å². The minimum atomic E-state index is -0.272. The fourth-order valence-corrected chi connectivity index (χ4v) is 5.97. The number of piperidine rings is 1. The molecule has 1 aliphatic carbocycles. The Balaban J connectivity index is 1.03. The Morgan fingerprint density at radius 2 is 1.92 bits per heavy atom. The molecule has 1 aliphatic heterocycles. The number of aromatic amines is 1. The van der Waals surface area contributed by atoms with Gasteiger partial charge in [0.25, 0.3) is 0 Å². The number of carbonyl (C=O) groups is 1. The highest BCUT2D eigenvalue weighted by Crippen LogP contribution is 2.38. The number of H-pyrrole nitrogens is 1. The maximum absolute atomic E-state index is 13.1. The molecular formula is C29H32FN5O2. The molecule has 0 bridgehead atoms. The summed E-state index contributed by atoms with van der Waals surface area (Å²) >= 11 is 0. The molecule has 7 nitrogen and oxygen atoms in total. The Morgan fingerprint density at radius 1 is 1.08 bits per heavy atom. The van der Waals surface area contributed by atoms with Crippen LogP contribution in [0.1, 0.15) is 50.0 Å². The van der Waals surface area contributed by atoms with Gasteiger partial charge in [-0.05, 0) is 86.4 Å². The van der Waals surface area contributed by atoms with Crippen LogP contribution in [0.15, 0.2) is 55.0 Å². The van der Waals surface area contributed by atoms with Crippen LogP contribution in [0.4, 0.5) is 9.18 Å². The van der Waals surface area contributed by atoms with Crippen LogP contribution in [-0.2, 0) is 0 Å². The molecule has 0 spiro atoms. The summed E-state index contributed by atoms with van der Waals surface area (Å²) in [5.41, 5.74) is 3.16. The summed E-state index contributed by atoms with van der Waals surface area (Å²) in [7, 11) is 0. The number of nitrogens with zero attached hydrogens (tertiary/aromatic N) is 3. The summed E-state index contributed by atoms with van der Waals surface area (Å²) in [5.74, 6) is 1.11. The second-order valence-corrected chi connectivity index (χ2v) is 10.4. The molecular weight excluding hydrogens is 469 g/mol. The number of hydrogen-bond donors (Lipinski definition) is 2. The van der Waals surface area contributed by atoms with Gasteiger partial charge in [0, 0.05) is 48.2 Å². The second-order valence-electron chi connectivity index (χ2n) is 10.4. The van der Waals surface area contributed by atoms with Crippen LogP contribution in [0.5, 0.6) is 5.75 Å². The third-order valence-electron chi connectivity index (χ3n) is 7.92. The third kappa shape index (κ3) is 5.10. The van der Waals surface area contributed by atoms with Gasteiger partial charge < -0.3 is 19.9 Å². The molecule has 8 heteroatoms. The molecule has 192 valence electrons. The van der Waals surface area contributed by atoms with Crippen molar-refractivity contribution in [2.75, 3.05) is 19.7 Å². The number of benzene rings is 1. The molecule has 2 amide bonds. The number of ether oxygens (including phenoxy) is 1. The van der Waals surface area contributed by atoms with Gasteiger partial charge >= 0.3 is 6.03 Å². The van der Waals surface area contributed by atoms with Gasteiger partial charge in [-0.2, -0.15) is 0 Å². The summed E-state index contributed by atoms with van der Waals surface area (Å²) in [4.78, 5) is 27.3. The van der Waals surface area contributed by atoms with Gasteiger partial charge in [-0.3, -0.25) is 4.98 Å². The summed E-state index contributed by atoms with van der Waals surface area (Å²) in [6, 6.07) is 10.6. The predicted octanol–water partition coefficient (Wildman–Crippen LogP) is 5.78. The molecule has 2 fully saturated rings. The molecule has 37 heavy (non-hydrogen) atoms. The maximum Gasteiger partial charge on any atom is 0.317 e.